The standard InChI is InChI=1S/C14H16F3N/c15-14(16,17)10-3-4-12-9(6-10)2-1-5-13(12)7-11(13)8-18/h3-4,6,11H,1-2,5,7-8,18H2. The minimum Gasteiger partial charge on any atom is -0.330 e. The Labute approximate surface area is 104 Å². The molecular weight excluding hydrogens is 239 g/mol. The number of nitrogens with two attached hydrogens (primary N) is 1. The van der Waals surface area contributed by atoms with Crippen molar-refractivity contribution >= 4 is 0 Å². The van der Waals surface area contributed by atoms with E-state index in [1.54, 1.807) is 6.07 Å². The molecular formula is C14H16F3N. The molecule has 0 saturated heterocycles. The lowest BCUT2D eigenvalue weighted by Crippen LogP contribution is -2.22. The summed E-state index contributed by atoms with van der Waals surface area (Å²) in [6.07, 6.45) is -0.380. The van der Waals surface area contributed by atoms with Crippen LogP contribution in [0.4, 0.5) is 13.2 Å². The summed E-state index contributed by atoms with van der Waals surface area (Å²) in [7, 11) is 0. The van der Waals surface area contributed by atoms with Crippen molar-refractivity contribution in [3.05, 3.63) is 34.9 Å². The smallest absolute Gasteiger partial charge is 0.330 e. The Balaban J connectivity index is 2.01. The van der Waals surface area contributed by atoms with Crippen LogP contribution in [0.1, 0.15) is 36.0 Å². The van der Waals surface area contributed by atoms with Gasteiger partial charge >= 0.3 is 6.18 Å². The molecule has 1 nitrogen and oxygen atoms in total. The molecule has 98 valence electrons. The number of hydrogen-bond acceptors (Lipinski definition) is 1. The second-order valence-corrected chi connectivity index (χ2v) is 5.52. The van der Waals surface area contributed by atoms with Crippen molar-refractivity contribution in [1.82, 2.24) is 0 Å². The fourth-order valence-electron chi connectivity index (χ4n) is 3.52. The number of rotatable bonds is 1. The van der Waals surface area contributed by atoms with Crippen LogP contribution in [0.5, 0.6) is 0 Å². The second-order valence-electron chi connectivity index (χ2n) is 5.52. The molecule has 0 aromatic heterocycles. The Morgan fingerprint density at radius 3 is 2.72 bits per heavy atom. The van der Waals surface area contributed by atoms with Crippen molar-refractivity contribution in [1.29, 1.82) is 0 Å². The van der Waals surface area contributed by atoms with Gasteiger partial charge in [-0.2, -0.15) is 13.2 Å². The Bertz CT molecular complexity index is 480. The first-order chi connectivity index (χ1) is 8.47. The molecule has 2 N–H and O–H groups in total. The summed E-state index contributed by atoms with van der Waals surface area (Å²) in [4.78, 5) is 0. The highest BCUT2D eigenvalue weighted by atomic mass is 19.4. The molecule has 0 heterocycles. The third kappa shape index (κ3) is 1.66. The Hall–Kier alpha value is -1.03. The van der Waals surface area contributed by atoms with Crippen molar-refractivity contribution in [2.24, 2.45) is 11.7 Å². The van der Waals surface area contributed by atoms with Gasteiger partial charge in [0.05, 0.1) is 5.56 Å². The van der Waals surface area contributed by atoms with Crippen LogP contribution in [-0.2, 0) is 18.0 Å². The van der Waals surface area contributed by atoms with Crippen LogP contribution in [0.15, 0.2) is 18.2 Å². The molecule has 1 spiro atoms. The first-order valence-corrected chi connectivity index (χ1v) is 6.38. The molecule has 1 fully saturated rings. The molecule has 2 atom stereocenters. The van der Waals surface area contributed by atoms with E-state index >= 15 is 0 Å². The lowest BCUT2D eigenvalue weighted by Gasteiger charge is -2.27. The SMILES string of the molecule is NCC1CC12CCCc1cc(C(F)(F)F)ccc12. The van der Waals surface area contributed by atoms with Crippen LogP contribution in [0.3, 0.4) is 0 Å². The van der Waals surface area contributed by atoms with Crippen LogP contribution in [0.25, 0.3) is 0 Å². The number of alkyl halides is 3. The quantitative estimate of drug-likeness (QED) is 0.819. The second kappa shape index (κ2) is 3.73. The number of fused-ring (bicyclic) bond motifs is 2. The van der Waals surface area contributed by atoms with Gasteiger partial charge in [0.15, 0.2) is 0 Å². The third-order valence-corrected chi connectivity index (χ3v) is 4.55. The highest BCUT2D eigenvalue weighted by Gasteiger charge is 2.55. The number of aryl methyl sites for hydroxylation is 1. The summed E-state index contributed by atoms with van der Waals surface area (Å²) in [5.41, 5.74) is 7.30. The zero-order valence-electron chi connectivity index (χ0n) is 10.1. The number of hydrogen-bond donors (Lipinski definition) is 1. The number of benzene rings is 1. The van der Waals surface area contributed by atoms with Crippen LogP contribution >= 0.6 is 0 Å². The topological polar surface area (TPSA) is 26.0 Å². The van der Waals surface area contributed by atoms with E-state index in [0.717, 1.165) is 36.8 Å². The maximum absolute atomic E-state index is 12.7. The fraction of sp³-hybridized carbons (Fsp3) is 0.571. The first-order valence-electron chi connectivity index (χ1n) is 6.38. The molecule has 0 radical (unpaired) electrons. The van der Waals surface area contributed by atoms with Gasteiger partial charge in [-0.3, -0.25) is 0 Å². The molecule has 2 aliphatic rings. The van der Waals surface area contributed by atoms with Gasteiger partial charge in [-0.25, -0.2) is 0 Å². The molecule has 1 aromatic carbocycles. The molecule has 18 heavy (non-hydrogen) atoms. The summed E-state index contributed by atoms with van der Waals surface area (Å²) < 4.78 is 38.1. The molecule has 0 amide bonds. The minimum atomic E-state index is -4.24. The van der Waals surface area contributed by atoms with E-state index in [-0.39, 0.29) is 5.41 Å². The molecule has 0 bridgehead atoms. The van der Waals surface area contributed by atoms with Crippen molar-refractivity contribution < 1.29 is 13.2 Å². The average molecular weight is 255 g/mol. The van der Waals surface area contributed by atoms with Gasteiger partial charge in [0, 0.05) is 0 Å². The fourth-order valence-corrected chi connectivity index (χ4v) is 3.52. The van der Waals surface area contributed by atoms with Crippen LogP contribution in [0.2, 0.25) is 0 Å². The third-order valence-electron chi connectivity index (χ3n) is 4.55. The van der Waals surface area contributed by atoms with E-state index < -0.39 is 11.7 Å². The van der Waals surface area contributed by atoms with E-state index in [9.17, 15) is 13.2 Å². The van der Waals surface area contributed by atoms with Crippen molar-refractivity contribution in [2.75, 3.05) is 6.54 Å². The summed E-state index contributed by atoms with van der Waals surface area (Å²) in [5, 5.41) is 0. The minimum absolute atomic E-state index is 0.104. The van der Waals surface area contributed by atoms with Crippen molar-refractivity contribution in [3.63, 3.8) is 0 Å². The summed E-state index contributed by atoms with van der Waals surface area (Å²) in [6, 6.07) is 4.24. The van der Waals surface area contributed by atoms with Crippen LogP contribution in [-0.4, -0.2) is 6.54 Å². The van der Waals surface area contributed by atoms with Crippen LogP contribution < -0.4 is 5.73 Å². The van der Waals surface area contributed by atoms with E-state index in [1.165, 1.54) is 12.1 Å². The predicted molar refractivity (Wildman–Crippen MR) is 63.2 cm³/mol. The molecule has 0 aliphatic heterocycles. The van der Waals surface area contributed by atoms with Crippen LogP contribution in [0, 0.1) is 5.92 Å². The van der Waals surface area contributed by atoms with E-state index in [4.69, 9.17) is 5.73 Å². The normalized spacial score (nSPS) is 30.3. The molecule has 2 aliphatic carbocycles. The van der Waals surface area contributed by atoms with Gasteiger partial charge < -0.3 is 5.73 Å². The highest BCUT2D eigenvalue weighted by Crippen LogP contribution is 2.60. The summed E-state index contributed by atoms with van der Waals surface area (Å²) >= 11 is 0. The zero-order chi connectivity index (χ0) is 13.0. The summed E-state index contributed by atoms with van der Waals surface area (Å²) in [6.45, 7) is 0.639. The number of halogens is 3. The molecule has 1 saturated carbocycles. The molecule has 3 rings (SSSR count). The Morgan fingerprint density at radius 1 is 1.33 bits per heavy atom. The van der Waals surface area contributed by atoms with Crippen molar-refractivity contribution in [2.45, 2.75) is 37.3 Å². The van der Waals surface area contributed by atoms with Crippen molar-refractivity contribution in [3.8, 4) is 0 Å². The van der Waals surface area contributed by atoms with E-state index in [0.29, 0.717) is 12.5 Å². The van der Waals surface area contributed by atoms with Gasteiger partial charge in [0.2, 0.25) is 0 Å². The zero-order valence-corrected chi connectivity index (χ0v) is 10.1. The molecule has 4 heteroatoms. The molecule has 2 unspecified atom stereocenters. The van der Waals surface area contributed by atoms with Gasteiger partial charge in [-0.1, -0.05) is 6.07 Å². The van der Waals surface area contributed by atoms with Gasteiger partial charge in [-0.15, -0.1) is 0 Å². The maximum atomic E-state index is 12.7. The predicted octanol–water partition coefficient (Wildman–Crippen LogP) is 3.26. The first kappa shape index (κ1) is 12.0. The monoisotopic (exact) mass is 255 g/mol. The summed E-state index contributed by atoms with van der Waals surface area (Å²) in [5.74, 6) is 0.466. The van der Waals surface area contributed by atoms with Gasteiger partial charge in [0.25, 0.3) is 0 Å². The Morgan fingerprint density at radius 2 is 2.11 bits per heavy atom. The highest BCUT2D eigenvalue weighted by molar-refractivity contribution is 5.45. The lowest BCUT2D eigenvalue weighted by molar-refractivity contribution is -0.137. The average Bonchev–Trinajstić information content (AvgIpc) is 3.02. The van der Waals surface area contributed by atoms with E-state index in [2.05, 4.69) is 0 Å². The lowest BCUT2D eigenvalue weighted by atomic mass is 9.78. The van der Waals surface area contributed by atoms with E-state index in [1.807, 2.05) is 0 Å². The Kier molecular flexibility index (Phi) is 2.49. The largest absolute Gasteiger partial charge is 0.416 e. The van der Waals surface area contributed by atoms with Gasteiger partial charge in [-0.05, 0) is 66.8 Å². The van der Waals surface area contributed by atoms with Gasteiger partial charge in [0.1, 0.15) is 0 Å². The maximum Gasteiger partial charge on any atom is 0.416 e. The molecule has 1 aromatic rings.